The highest BCUT2D eigenvalue weighted by Crippen LogP contribution is 2.13. The SMILES string of the molecule is CC[C@H](C)[C@H](NC(=O)c1ccc(S(=O)(=O)NCc2ccco2)cc1)C(=O)O. The third-order valence-electron chi connectivity index (χ3n) is 4.21. The zero-order chi connectivity index (χ0) is 20.0. The zero-order valence-corrected chi connectivity index (χ0v) is 15.8. The summed E-state index contributed by atoms with van der Waals surface area (Å²) in [5.74, 6) is -1.45. The monoisotopic (exact) mass is 394 g/mol. The Morgan fingerprint density at radius 1 is 1.19 bits per heavy atom. The van der Waals surface area contributed by atoms with E-state index in [1.54, 1.807) is 19.1 Å². The number of sulfonamides is 1. The average molecular weight is 394 g/mol. The Bertz CT molecular complexity index is 875. The number of furan rings is 1. The van der Waals surface area contributed by atoms with Crippen molar-refractivity contribution in [3.05, 3.63) is 54.0 Å². The van der Waals surface area contributed by atoms with Crippen molar-refractivity contribution in [1.82, 2.24) is 10.0 Å². The number of benzene rings is 1. The van der Waals surface area contributed by atoms with Crippen LogP contribution in [0.5, 0.6) is 0 Å². The smallest absolute Gasteiger partial charge is 0.326 e. The van der Waals surface area contributed by atoms with Crippen molar-refractivity contribution in [2.24, 2.45) is 5.92 Å². The van der Waals surface area contributed by atoms with Gasteiger partial charge in [0.15, 0.2) is 0 Å². The lowest BCUT2D eigenvalue weighted by Crippen LogP contribution is -2.45. The van der Waals surface area contributed by atoms with Crippen LogP contribution in [-0.2, 0) is 21.4 Å². The van der Waals surface area contributed by atoms with Crippen LogP contribution in [0, 0.1) is 5.92 Å². The van der Waals surface area contributed by atoms with Gasteiger partial charge in [-0.15, -0.1) is 0 Å². The number of carbonyl (C=O) groups is 2. The molecule has 0 saturated carbocycles. The molecule has 0 saturated heterocycles. The first-order valence-electron chi connectivity index (χ1n) is 8.40. The van der Waals surface area contributed by atoms with Crippen molar-refractivity contribution in [1.29, 1.82) is 0 Å². The maximum Gasteiger partial charge on any atom is 0.326 e. The molecule has 0 spiro atoms. The standard InChI is InChI=1S/C18H22N2O6S/c1-3-12(2)16(18(22)23)20-17(21)13-6-8-15(9-7-13)27(24,25)19-11-14-5-4-10-26-14/h4-10,12,16,19H,3,11H2,1-2H3,(H,20,21)(H,22,23)/t12-,16-/m0/s1. The summed E-state index contributed by atoms with van der Waals surface area (Å²) in [4.78, 5) is 23.6. The highest BCUT2D eigenvalue weighted by atomic mass is 32.2. The summed E-state index contributed by atoms with van der Waals surface area (Å²) < 4.78 is 32.0. The molecule has 2 aromatic rings. The molecule has 1 heterocycles. The fourth-order valence-corrected chi connectivity index (χ4v) is 3.35. The van der Waals surface area contributed by atoms with Crippen molar-refractivity contribution in [3.8, 4) is 0 Å². The Morgan fingerprint density at radius 2 is 1.85 bits per heavy atom. The molecule has 0 bridgehead atoms. The van der Waals surface area contributed by atoms with E-state index in [1.165, 1.54) is 30.5 Å². The maximum absolute atomic E-state index is 12.3. The summed E-state index contributed by atoms with van der Waals surface area (Å²) in [6.07, 6.45) is 2.04. The minimum Gasteiger partial charge on any atom is -0.480 e. The van der Waals surface area contributed by atoms with E-state index in [-0.39, 0.29) is 22.9 Å². The lowest BCUT2D eigenvalue weighted by atomic mass is 9.99. The maximum atomic E-state index is 12.3. The lowest BCUT2D eigenvalue weighted by Gasteiger charge is -2.20. The number of aliphatic carboxylic acids is 1. The normalized spacial score (nSPS) is 13.7. The van der Waals surface area contributed by atoms with Crippen molar-refractivity contribution >= 4 is 21.9 Å². The topological polar surface area (TPSA) is 126 Å². The van der Waals surface area contributed by atoms with Gasteiger partial charge >= 0.3 is 5.97 Å². The molecule has 0 aliphatic rings. The van der Waals surface area contributed by atoms with Crippen LogP contribution in [0.2, 0.25) is 0 Å². The summed E-state index contributed by atoms with van der Waals surface area (Å²) in [5, 5.41) is 11.7. The molecule has 9 heteroatoms. The van der Waals surface area contributed by atoms with E-state index < -0.39 is 27.9 Å². The number of rotatable bonds is 9. The molecule has 1 aromatic heterocycles. The molecular weight excluding hydrogens is 372 g/mol. The van der Waals surface area contributed by atoms with Crippen LogP contribution >= 0.6 is 0 Å². The minimum absolute atomic E-state index is 0.00671. The minimum atomic E-state index is -3.77. The molecule has 0 radical (unpaired) electrons. The van der Waals surface area contributed by atoms with Gasteiger partial charge < -0.3 is 14.8 Å². The number of hydrogen-bond acceptors (Lipinski definition) is 5. The molecule has 0 aliphatic heterocycles. The van der Waals surface area contributed by atoms with Crippen LogP contribution < -0.4 is 10.0 Å². The first kappa shape index (κ1) is 20.7. The third kappa shape index (κ3) is 5.41. The van der Waals surface area contributed by atoms with Gasteiger partial charge in [0.1, 0.15) is 11.8 Å². The predicted octanol–water partition coefficient (Wildman–Crippen LogP) is 1.99. The van der Waals surface area contributed by atoms with Gasteiger partial charge in [0.25, 0.3) is 5.91 Å². The molecule has 27 heavy (non-hydrogen) atoms. The Kier molecular flexibility index (Phi) is 6.75. The molecule has 3 N–H and O–H groups in total. The van der Waals surface area contributed by atoms with Crippen LogP contribution in [0.25, 0.3) is 0 Å². The van der Waals surface area contributed by atoms with Crippen molar-refractivity contribution in [2.45, 2.75) is 37.8 Å². The summed E-state index contributed by atoms with van der Waals surface area (Å²) >= 11 is 0. The van der Waals surface area contributed by atoms with E-state index in [0.717, 1.165) is 0 Å². The quantitative estimate of drug-likeness (QED) is 0.597. The molecule has 0 fully saturated rings. The number of hydrogen-bond donors (Lipinski definition) is 3. The van der Waals surface area contributed by atoms with Crippen molar-refractivity contribution < 1.29 is 27.5 Å². The second-order valence-electron chi connectivity index (χ2n) is 6.10. The van der Waals surface area contributed by atoms with Crippen LogP contribution in [0.15, 0.2) is 52.0 Å². The van der Waals surface area contributed by atoms with Gasteiger partial charge in [-0.3, -0.25) is 4.79 Å². The van der Waals surface area contributed by atoms with Crippen LogP contribution in [-0.4, -0.2) is 31.4 Å². The average Bonchev–Trinajstić information content (AvgIpc) is 3.17. The summed E-state index contributed by atoms with van der Waals surface area (Å²) in [6, 6.07) is 7.54. The molecule has 2 atom stereocenters. The first-order valence-corrected chi connectivity index (χ1v) is 9.88. The number of amides is 1. The Hall–Kier alpha value is -2.65. The first-order chi connectivity index (χ1) is 12.7. The largest absolute Gasteiger partial charge is 0.480 e. The second kappa shape index (κ2) is 8.83. The van der Waals surface area contributed by atoms with E-state index in [1.807, 2.05) is 6.92 Å². The lowest BCUT2D eigenvalue weighted by molar-refractivity contribution is -0.140. The number of carbonyl (C=O) groups excluding carboxylic acids is 1. The van der Waals surface area contributed by atoms with Gasteiger partial charge in [-0.1, -0.05) is 20.3 Å². The van der Waals surface area contributed by atoms with Gasteiger partial charge in [-0.25, -0.2) is 17.9 Å². The van der Waals surface area contributed by atoms with E-state index in [4.69, 9.17) is 4.42 Å². The summed E-state index contributed by atoms with van der Waals surface area (Å²) in [5.41, 5.74) is 0.175. The van der Waals surface area contributed by atoms with E-state index in [0.29, 0.717) is 12.2 Å². The van der Waals surface area contributed by atoms with E-state index in [9.17, 15) is 23.1 Å². The van der Waals surface area contributed by atoms with Gasteiger partial charge in [-0.2, -0.15) is 0 Å². The van der Waals surface area contributed by atoms with Crippen molar-refractivity contribution in [2.75, 3.05) is 0 Å². The highest BCUT2D eigenvalue weighted by Gasteiger charge is 2.26. The zero-order valence-electron chi connectivity index (χ0n) is 15.0. The van der Waals surface area contributed by atoms with E-state index >= 15 is 0 Å². The summed E-state index contributed by atoms with van der Waals surface area (Å²) in [6.45, 7) is 3.58. The van der Waals surface area contributed by atoms with Gasteiger partial charge in [0, 0.05) is 5.56 Å². The summed E-state index contributed by atoms with van der Waals surface area (Å²) in [7, 11) is -3.77. The third-order valence-corrected chi connectivity index (χ3v) is 5.63. The Labute approximate surface area is 157 Å². The van der Waals surface area contributed by atoms with Gasteiger partial charge in [0.2, 0.25) is 10.0 Å². The number of carboxylic acid groups (broad SMARTS) is 1. The number of nitrogens with one attached hydrogen (secondary N) is 2. The van der Waals surface area contributed by atoms with Gasteiger partial charge in [0.05, 0.1) is 17.7 Å². The van der Waals surface area contributed by atoms with Gasteiger partial charge in [-0.05, 0) is 42.3 Å². The Balaban J connectivity index is 2.07. The van der Waals surface area contributed by atoms with E-state index in [2.05, 4.69) is 10.0 Å². The van der Waals surface area contributed by atoms with Crippen molar-refractivity contribution in [3.63, 3.8) is 0 Å². The van der Waals surface area contributed by atoms with Crippen LogP contribution in [0.1, 0.15) is 36.4 Å². The fourth-order valence-electron chi connectivity index (χ4n) is 2.36. The molecule has 2 rings (SSSR count). The number of carboxylic acids is 1. The highest BCUT2D eigenvalue weighted by molar-refractivity contribution is 7.89. The molecule has 1 aromatic carbocycles. The molecule has 146 valence electrons. The fraction of sp³-hybridized carbons (Fsp3) is 0.333. The second-order valence-corrected chi connectivity index (χ2v) is 7.87. The predicted molar refractivity (Wildman–Crippen MR) is 97.5 cm³/mol. The molecular formula is C18H22N2O6S. The molecule has 0 aliphatic carbocycles. The molecule has 1 amide bonds. The Morgan fingerprint density at radius 3 is 2.37 bits per heavy atom. The van der Waals surface area contributed by atoms with Crippen LogP contribution in [0.4, 0.5) is 0 Å². The van der Waals surface area contributed by atoms with Crippen LogP contribution in [0.3, 0.4) is 0 Å². The molecule has 0 unspecified atom stereocenters. The molecule has 8 nitrogen and oxygen atoms in total.